The predicted molar refractivity (Wildman–Crippen MR) is 138 cm³/mol. The molecule has 0 radical (unpaired) electrons. The van der Waals surface area contributed by atoms with Crippen molar-refractivity contribution < 1.29 is 9.59 Å². The van der Waals surface area contributed by atoms with Crippen molar-refractivity contribution in [3.05, 3.63) is 104 Å². The molecule has 1 saturated heterocycles. The summed E-state index contributed by atoms with van der Waals surface area (Å²) in [4.78, 5) is 28.0. The second-order valence-corrected chi connectivity index (χ2v) is 9.78. The van der Waals surface area contributed by atoms with Crippen LogP contribution >= 0.6 is 46.6 Å². The van der Waals surface area contributed by atoms with Crippen LogP contribution in [0.3, 0.4) is 0 Å². The number of hydrogen-bond donors (Lipinski definition) is 1. The maximum atomic E-state index is 13.5. The monoisotopic (exact) mass is 527 g/mol. The van der Waals surface area contributed by atoms with E-state index in [-0.39, 0.29) is 22.9 Å². The van der Waals surface area contributed by atoms with Gasteiger partial charge in [-0.1, -0.05) is 64.8 Å². The molecule has 3 aromatic carbocycles. The number of rotatable bonds is 5. The zero-order chi connectivity index (χ0) is 24.2. The van der Waals surface area contributed by atoms with Gasteiger partial charge in [0.2, 0.25) is 5.91 Å². The second-order valence-electron chi connectivity index (χ2n) is 7.31. The van der Waals surface area contributed by atoms with E-state index in [0.29, 0.717) is 32.0 Å². The minimum absolute atomic E-state index is 0.170. The van der Waals surface area contributed by atoms with Crippen molar-refractivity contribution in [1.29, 1.82) is 5.26 Å². The minimum atomic E-state index is -0.623. The normalized spacial score (nSPS) is 16.8. The van der Waals surface area contributed by atoms with Crippen molar-refractivity contribution in [2.45, 2.75) is 11.7 Å². The number of amides is 2. The van der Waals surface area contributed by atoms with Gasteiger partial charge >= 0.3 is 0 Å². The molecular formula is C25H16Cl3N3O2S. The van der Waals surface area contributed by atoms with E-state index in [2.05, 4.69) is 5.32 Å². The predicted octanol–water partition coefficient (Wildman–Crippen LogP) is 6.71. The summed E-state index contributed by atoms with van der Waals surface area (Å²) in [5, 5.41) is 13.8. The number of carbonyl (C=O) groups is 2. The molecule has 1 aliphatic heterocycles. The molecule has 1 fully saturated rings. The number of hydrogen-bond acceptors (Lipinski definition) is 4. The van der Waals surface area contributed by atoms with Gasteiger partial charge in [-0.3, -0.25) is 14.5 Å². The molecule has 0 unspecified atom stereocenters. The summed E-state index contributed by atoms with van der Waals surface area (Å²) in [5.41, 5.74) is 1.57. The molecule has 4 rings (SSSR count). The fourth-order valence-electron chi connectivity index (χ4n) is 3.43. The molecule has 1 N–H and O–H groups in total. The van der Waals surface area contributed by atoms with E-state index in [9.17, 15) is 14.9 Å². The lowest BCUT2D eigenvalue weighted by Gasteiger charge is -2.18. The van der Waals surface area contributed by atoms with Gasteiger partial charge in [-0.15, -0.1) is 0 Å². The van der Waals surface area contributed by atoms with Gasteiger partial charge in [0, 0.05) is 26.4 Å². The van der Waals surface area contributed by atoms with Crippen molar-refractivity contribution >= 4 is 69.8 Å². The lowest BCUT2D eigenvalue weighted by molar-refractivity contribution is -0.117. The maximum absolute atomic E-state index is 13.5. The van der Waals surface area contributed by atoms with Gasteiger partial charge in [-0.05, 0) is 66.6 Å². The SMILES string of the molecule is N#C/C(C(=O)Nc1ccc(Cl)cc1)=C1/S[C@@H](Cc2cc(Cl)ccc2Cl)C(=O)N1c1ccccc1. The number of benzene rings is 3. The van der Waals surface area contributed by atoms with Crippen molar-refractivity contribution in [1.82, 2.24) is 0 Å². The number of nitrogens with zero attached hydrogens (tertiary/aromatic N) is 2. The van der Waals surface area contributed by atoms with Crippen LogP contribution in [0.1, 0.15) is 5.56 Å². The Hall–Kier alpha value is -2.95. The van der Waals surface area contributed by atoms with Crippen molar-refractivity contribution in [2.24, 2.45) is 0 Å². The molecule has 1 atom stereocenters. The summed E-state index contributed by atoms with van der Waals surface area (Å²) in [6.07, 6.45) is 0.285. The molecular weight excluding hydrogens is 513 g/mol. The average Bonchev–Trinajstić information content (AvgIpc) is 3.14. The molecule has 2 amide bonds. The summed E-state index contributed by atoms with van der Waals surface area (Å²) < 4.78 is 0. The topological polar surface area (TPSA) is 73.2 Å². The fourth-order valence-corrected chi connectivity index (χ4v) is 5.24. The number of nitriles is 1. The van der Waals surface area contributed by atoms with Gasteiger partial charge in [0.25, 0.3) is 5.91 Å². The Morgan fingerprint density at radius 3 is 2.35 bits per heavy atom. The standard InChI is InChI=1S/C25H16Cl3N3O2S/c26-16-6-9-18(10-7-16)30-23(32)20(14-29)25-31(19-4-2-1-3-5-19)24(33)22(34-25)13-15-12-17(27)8-11-21(15)28/h1-12,22H,13H2,(H,30,32)/b25-20-/t22-/m0/s1. The smallest absolute Gasteiger partial charge is 0.269 e. The van der Waals surface area contributed by atoms with Crippen LogP contribution < -0.4 is 10.2 Å². The van der Waals surface area contributed by atoms with Crippen LogP contribution in [-0.4, -0.2) is 17.1 Å². The molecule has 1 heterocycles. The van der Waals surface area contributed by atoms with Crippen LogP contribution in [0, 0.1) is 11.3 Å². The molecule has 0 bridgehead atoms. The molecule has 0 aliphatic carbocycles. The highest BCUT2D eigenvalue weighted by atomic mass is 35.5. The molecule has 9 heteroatoms. The molecule has 3 aromatic rings. The van der Waals surface area contributed by atoms with Gasteiger partial charge in [0.15, 0.2) is 0 Å². The summed E-state index contributed by atoms with van der Waals surface area (Å²) in [5.74, 6) is -0.878. The van der Waals surface area contributed by atoms with E-state index >= 15 is 0 Å². The fraction of sp³-hybridized carbons (Fsp3) is 0.0800. The summed E-state index contributed by atoms with van der Waals surface area (Å²) in [7, 11) is 0. The summed E-state index contributed by atoms with van der Waals surface area (Å²) in [6.45, 7) is 0. The third kappa shape index (κ3) is 5.24. The van der Waals surface area contributed by atoms with E-state index in [4.69, 9.17) is 34.8 Å². The van der Waals surface area contributed by atoms with E-state index < -0.39 is 11.2 Å². The molecule has 0 spiro atoms. The largest absolute Gasteiger partial charge is 0.321 e. The zero-order valence-electron chi connectivity index (χ0n) is 17.5. The first kappa shape index (κ1) is 24.2. The molecule has 1 aliphatic rings. The lowest BCUT2D eigenvalue weighted by Crippen LogP contribution is -2.30. The number of carbonyl (C=O) groups excluding carboxylic acids is 2. The Bertz CT molecular complexity index is 1320. The van der Waals surface area contributed by atoms with Crippen LogP contribution in [0.4, 0.5) is 11.4 Å². The molecule has 170 valence electrons. The number of thioether (sulfide) groups is 1. The quantitative estimate of drug-likeness (QED) is 0.295. The lowest BCUT2D eigenvalue weighted by atomic mass is 10.1. The highest BCUT2D eigenvalue weighted by Gasteiger charge is 2.41. The molecule has 0 saturated carbocycles. The van der Waals surface area contributed by atoms with Crippen molar-refractivity contribution in [3.63, 3.8) is 0 Å². The highest BCUT2D eigenvalue weighted by Crippen LogP contribution is 2.42. The first-order valence-corrected chi connectivity index (χ1v) is 12.1. The summed E-state index contributed by atoms with van der Waals surface area (Å²) >= 11 is 19.5. The molecule has 5 nitrogen and oxygen atoms in total. The number of halogens is 3. The van der Waals surface area contributed by atoms with Gasteiger partial charge in [0.05, 0.1) is 5.25 Å². The van der Waals surface area contributed by atoms with Crippen LogP contribution in [0.2, 0.25) is 15.1 Å². The Morgan fingerprint density at radius 2 is 1.68 bits per heavy atom. The Kier molecular flexibility index (Phi) is 7.50. The average molecular weight is 529 g/mol. The number of para-hydroxylation sites is 1. The number of anilines is 2. The van der Waals surface area contributed by atoms with Gasteiger partial charge in [-0.25, -0.2) is 0 Å². The zero-order valence-corrected chi connectivity index (χ0v) is 20.6. The Balaban J connectivity index is 1.72. The first-order chi connectivity index (χ1) is 16.4. The van der Waals surface area contributed by atoms with Gasteiger partial charge in [-0.2, -0.15) is 5.26 Å². The Morgan fingerprint density at radius 1 is 1.00 bits per heavy atom. The van der Waals surface area contributed by atoms with Crippen LogP contribution in [0.25, 0.3) is 0 Å². The number of nitrogens with one attached hydrogen (secondary N) is 1. The van der Waals surface area contributed by atoms with E-state index in [1.807, 2.05) is 12.1 Å². The second kappa shape index (κ2) is 10.5. The van der Waals surface area contributed by atoms with Crippen molar-refractivity contribution in [2.75, 3.05) is 10.2 Å². The van der Waals surface area contributed by atoms with E-state index in [1.165, 1.54) is 4.90 Å². The summed E-state index contributed by atoms with van der Waals surface area (Å²) in [6, 6.07) is 22.5. The Labute approximate surface area is 215 Å². The van der Waals surface area contributed by atoms with Crippen LogP contribution in [0.5, 0.6) is 0 Å². The maximum Gasteiger partial charge on any atom is 0.269 e. The third-order valence-corrected chi connectivity index (χ3v) is 7.15. The molecule has 0 aromatic heterocycles. The van der Waals surface area contributed by atoms with Crippen molar-refractivity contribution in [3.8, 4) is 6.07 Å². The van der Waals surface area contributed by atoms with E-state index in [1.54, 1.807) is 66.7 Å². The van der Waals surface area contributed by atoms with Crippen LogP contribution in [0.15, 0.2) is 83.4 Å². The highest BCUT2D eigenvalue weighted by molar-refractivity contribution is 8.05. The minimum Gasteiger partial charge on any atom is -0.321 e. The van der Waals surface area contributed by atoms with E-state index in [0.717, 1.165) is 11.8 Å². The molecule has 34 heavy (non-hydrogen) atoms. The van der Waals surface area contributed by atoms with Gasteiger partial charge < -0.3 is 5.32 Å². The van der Waals surface area contributed by atoms with Gasteiger partial charge in [0.1, 0.15) is 16.7 Å². The first-order valence-electron chi connectivity index (χ1n) is 10.1. The third-order valence-electron chi connectivity index (χ3n) is 5.04. The van der Waals surface area contributed by atoms with Crippen LogP contribution in [-0.2, 0) is 16.0 Å².